The largest absolute Gasteiger partial charge is 0.353 e. The molecule has 1 N–H and O–H groups in total. The van der Waals surface area contributed by atoms with Crippen molar-refractivity contribution in [2.24, 2.45) is 0 Å². The molecule has 132 valence electrons. The molecule has 0 aliphatic carbocycles. The van der Waals surface area contributed by atoms with Gasteiger partial charge in [-0.2, -0.15) is 0 Å². The van der Waals surface area contributed by atoms with Gasteiger partial charge in [0.2, 0.25) is 0 Å². The van der Waals surface area contributed by atoms with Crippen LogP contribution in [0.25, 0.3) is 49.5 Å². The average Bonchev–Trinajstić information content (AvgIpc) is 3.36. The van der Waals surface area contributed by atoms with E-state index in [0.29, 0.717) is 0 Å². The van der Waals surface area contributed by atoms with Crippen LogP contribution in [0.3, 0.4) is 0 Å². The molecule has 0 atom stereocenters. The molecule has 0 aliphatic heterocycles. The van der Waals surface area contributed by atoms with E-state index in [1.54, 1.807) is 0 Å². The molecule has 2 heteroatoms. The Labute approximate surface area is 162 Å². The molecular weight excluding hydrogens is 340 g/mol. The van der Waals surface area contributed by atoms with Crippen molar-refractivity contribution in [3.05, 3.63) is 103 Å². The molecule has 2 heterocycles. The quantitative estimate of drug-likeness (QED) is 0.346. The summed E-state index contributed by atoms with van der Waals surface area (Å²) in [5.74, 6) is 0. The van der Waals surface area contributed by atoms with Crippen LogP contribution in [0.15, 0.2) is 103 Å². The van der Waals surface area contributed by atoms with Crippen LogP contribution in [-0.2, 0) is 0 Å². The van der Waals surface area contributed by atoms with Gasteiger partial charge < -0.3 is 9.55 Å². The number of fused-ring (bicyclic) bond motifs is 5. The molecule has 0 spiro atoms. The van der Waals surface area contributed by atoms with Gasteiger partial charge in [-0.05, 0) is 35.4 Å². The van der Waals surface area contributed by atoms with E-state index in [1.807, 2.05) is 0 Å². The molecule has 0 saturated heterocycles. The molecule has 2 nitrogen and oxygen atoms in total. The number of hydrogen-bond donors (Lipinski definition) is 1. The van der Waals surface area contributed by atoms with Gasteiger partial charge in [0, 0.05) is 33.6 Å². The molecule has 0 aliphatic rings. The van der Waals surface area contributed by atoms with Crippen LogP contribution >= 0.6 is 0 Å². The van der Waals surface area contributed by atoms with Crippen molar-refractivity contribution in [2.45, 2.75) is 0 Å². The van der Waals surface area contributed by atoms with Crippen LogP contribution in [0.1, 0.15) is 0 Å². The van der Waals surface area contributed by atoms with Gasteiger partial charge in [-0.15, -0.1) is 0 Å². The molecule has 0 unspecified atom stereocenters. The van der Waals surface area contributed by atoms with E-state index >= 15 is 0 Å². The van der Waals surface area contributed by atoms with Gasteiger partial charge in [-0.1, -0.05) is 72.8 Å². The summed E-state index contributed by atoms with van der Waals surface area (Å²) in [6.45, 7) is 0. The van der Waals surface area contributed by atoms with Crippen molar-refractivity contribution in [2.75, 3.05) is 0 Å². The Balaban J connectivity index is 1.56. The lowest BCUT2D eigenvalue weighted by Crippen LogP contribution is -1.92. The number of hydrogen-bond acceptors (Lipinski definition) is 0. The highest BCUT2D eigenvalue weighted by molar-refractivity contribution is 6.16. The third-order valence-electron chi connectivity index (χ3n) is 5.58. The zero-order chi connectivity index (χ0) is 18.5. The summed E-state index contributed by atoms with van der Waals surface area (Å²) in [7, 11) is 0. The average molecular weight is 358 g/mol. The first kappa shape index (κ1) is 15.3. The number of nitrogens with zero attached hydrogens (tertiary/aromatic N) is 1. The lowest BCUT2D eigenvalue weighted by atomic mass is 10.1. The summed E-state index contributed by atoms with van der Waals surface area (Å²) in [6.07, 6.45) is 2.16. The highest BCUT2D eigenvalue weighted by Crippen LogP contribution is 2.33. The fourth-order valence-corrected chi connectivity index (χ4v) is 4.20. The van der Waals surface area contributed by atoms with Crippen LogP contribution < -0.4 is 0 Å². The Morgan fingerprint density at radius 3 is 2.18 bits per heavy atom. The Kier molecular flexibility index (Phi) is 3.20. The van der Waals surface area contributed by atoms with E-state index in [9.17, 15) is 0 Å². The first-order valence-electron chi connectivity index (χ1n) is 9.55. The van der Waals surface area contributed by atoms with Gasteiger partial charge in [-0.25, -0.2) is 0 Å². The standard InChI is InChI=1S/C26H18N2/c1-2-6-18(7-3-1)19-10-13-21(14-11-19)28-17-16-20-12-15-23-22-8-4-5-9-24(22)27-25(23)26(20)28/h1-17,27H. The molecule has 2 aromatic heterocycles. The number of benzene rings is 4. The summed E-state index contributed by atoms with van der Waals surface area (Å²) in [6, 6.07) is 34.4. The molecule has 28 heavy (non-hydrogen) atoms. The minimum atomic E-state index is 1.17. The van der Waals surface area contributed by atoms with Crippen LogP contribution in [0.2, 0.25) is 0 Å². The Morgan fingerprint density at radius 2 is 1.32 bits per heavy atom. The lowest BCUT2D eigenvalue weighted by Gasteiger charge is -2.08. The van der Waals surface area contributed by atoms with Crippen molar-refractivity contribution >= 4 is 32.7 Å². The molecule has 6 aromatic rings. The topological polar surface area (TPSA) is 20.7 Å². The van der Waals surface area contributed by atoms with Crippen molar-refractivity contribution in [3.8, 4) is 16.8 Å². The minimum absolute atomic E-state index is 1.17. The second-order valence-electron chi connectivity index (χ2n) is 7.20. The summed E-state index contributed by atoms with van der Waals surface area (Å²) in [5, 5.41) is 3.78. The molecular formula is C26H18N2. The maximum absolute atomic E-state index is 3.63. The van der Waals surface area contributed by atoms with Crippen molar-refractivity contribution in [1.29, 1.82) is 0 Å². The van der Waals surface area contributed by atoms with E-state index in [0.717, 1.165) is 0 Å². The molecule has 0 saturated carbocycles. The Bertz CT molecular complexity index is 1430. The van der Waals surface area contributed by atoms with Crippen LogP contribution in [0.5, 0.6) is 0 Å². The Morgan fingerprint density at radius 1 is 0.571 bits per heavy atom. The lowest BCUT2D eigenvalue weighted by molar-refractivity contribution is 1.13. The maximum atomic E-state index is 3.63. The van der Waals surface area contributed by atoms with Gasteiger partial charge in [0.1, 0.15) is 0 Å². The summed E-state index contributed by atoms with van der Waals surface area (Å²) >= 11 is 0. The number of aromatic amines is 1. The second-order valence-corrected chi connectivity index (χ2v) is 7.20. The number of nitrogens with one attached hydrogen (secondary N) is 1. The Hall–Kier alpha value is -3.78. The van der Waals surface area contributed by atoms with E-state index in [1.165, 1.54) is 49.5 Å². The first-order valence-corrected chi connectivity index (χ1v) is 9.55. The maximum Gasteiger partial charge on any atom is 0.0771 e. The predicted octanol–water partition coefficient (Wildman–Crippen LogP) is 6.93. The number of para-hydroxylation sites is 1. The van der Waals surface area contributed by atoms with E-state index in [2.05, 4.69) is 113 Å². The molecule has 0 amide bonds. The third kappa shape index (κ3) is 2.21. The molecule has 0 fully saturated rings. The summed E-state index contributed by atoms with van der Waals surface area (Å²) in [4.78, 5) is 3.63. The molecule has 4 aromatic carbocycles. The normalized spacial score (nSPS) is 11.6. The van der Waals surface area contributed by atoms with Gasteiger partial charge >= 0.3 is 0 Å². The SMILES string of the molecule is c1ccc(-c2ccc(-n3ccc4ccc5c6ccccc6[nH]c5c43)cc2)cc1. The highest BCUT2D eigenvalue weighted by atomic mass is 15.0. The first-order chi connectivity index (χ1) is 13.9. The fraction of sp³-hybridized carbons (Fsp3) is 0. The predicted molar refractivity (Wildman–Crippen MR) is 118 cm³/mol. The van der Waals surface area contributed by atoms with Gasteiger partial charge in [0.25, 0.3) is 0 Å². The van der Waals surface area contributed by atoms with Gasteiger partial charge in [-0.3, -0.25) is 0 Å². The molecule has 0 radical (unpaired) electrons. The highest BCUT2D eigenvalue weighted by Gasteiger charge is 2.12. The minimum Gasteiger partial charge on any atom is -0.353 e. The number of H-pyrrole nitrogens is 1. The second kappa shape index (κ2) is 5.86. The van der Waals surface area contributed by atoms with Gasteiger partial charge in [0.15, 0.2) is 0 Å². The number of aromatic nitrogens is 2. The van der Waals surface area contributed by atoms with Crippen molar-refractivity contribution in [1.82, 2.24) is 9.55 Å². The van der Waals surface area contributed by atoms with E-state index < -0.39 is 0 Å². The molecule has 0 bridgehead atoms. The van der Waals surface area contributed by atoms with E-state index in [-0.39, 0.29) is 0 Å². The summed E-state index contributed by atoms with van der Waals surface area (Å²) < 4.78 is 2.28. The smallest absolute Gasteiger partial charge is 0.0771 e. The zero-order valence-electron chi connectivity index (χ0n) is 15.3. The van der Waals surface area contributed by atoms with Crippen LogP contribution in [0, 0.1) is 0 Å². The molecule has 6 rings (SSSR count). The van der Waals surface area contributed by atoms with E-state index in [4.69, 9.17) is 0 Å². The van der Waals surface area contributed by atoms with Crippen LogP contribution in [0.4, 0.5) is 0 Å². The zero-order valence-corrected chi connectivity index (χ0v) is 15.3. The van der Waals surface area contributed by atoms with Crippen molar-refractivity contribution < 1.29 is 0 Å². The van der Waals surface area contributed by atoms with Gasteiger partial charge in [0.05, 0.1) is 11.0 Å². The number of rotatable bonds is 2. The summed E-state index contributed by atoms with van der Waals surface area (Å²) in [5.41, 5.74) is 7.23. The van der Waals surface area contributed by atoms with Crippen molar-refractivity contribution in [3.63, 3.8) is 0 Å². The fourth-order valence-electron chi connectivity index (χ4n) is 4.20. The van der Waals surface area contributed by atoms with Crippen LogP contribution in [-0.4, -0.2) is 9.55 Å². The monoisotopic (exact) mass is 358 g/mol. The third-order valence-corrected chi connectivity index (χ3v) is 5.58.